The van der Waals surface area contributed by atoms with E-state index in [1.807, 2.05) is 0 Å². The number of carbonyl (C=O) groups excluding carboxylic acids is 3. The Morgan fingerprint density at radius 2 is 1.64 bits per heavy atom. The van der Waals surface area contributed by atoms with Crippen LogP contribution in [0.25, 0.3) is 0 Å². The maximum atomic E-state index is 12.1. The van der Waals surface area contributed by atoms with Crippen LogP contribution >= 0.6 is 0 Å². The molecule has 1 N–H and O–H groups in total. The van der Waals surface area contributed by atoms with Gasteiger partial charge in [0.25, 0.3) is 0 Å². The van der Waals surface area contributed by atoms with Crippen molar-refractivity contribution in [2.24, 2.45) is 0 Å². The van der Waals surface area contributed by atoms with Crippen molar-refractivity contribution >= 4 is 18.0 Å². The summed E-state index contributed by atoms with van der Waals surface area (Å²) in [6.07, 6.45) is -0.112. The average molecular weight is 351 g/mol. The van der Waals surface area contributed by atoms with Crippen molar-refractivity contribution in [3.8, 4) is 0 Å². The van der Waals surface area contributed by atoms with Gasteiger partial charge in [0.2, 0.25) is 0 Å². The molecule has 0 fully saturated rings. The lowest BCUT2D eigenvalue weighted by Crippen LogP contribution is -2.35. The van der Waals surface area contributed by atoms with Crippen LogP contribution in [-0.2, 0) is 19.0 Å². The number of nitrogens with one attached hydrogen (secondary N) is 1. The highest BCUT2D eigenvalue weighted by Crippen LogP contribution is 2.21. The van der Waals surface area contributed by atoms with E-state index < -0.39 is 23.7 Å². The fourth-order valence-corrected chi connectivity index (χ4v) is 2.11. The molecule has 0 aromatic heterocycles. The van der Waals surface area contributed by atoms with Crippen molar-refractivity contribution in [2.75, 3.05) is 14.2 Å². The lowest BCUT2D eigenvalue weighted by molar-refractivity contribution is -0.140. The van der Waals surface area contributed by atoms with E-state index in [1.54, 1.807) is 45.0 Å². The zero-order valence-corrected chi connectivity index (χ0v) is 15.3. The Hall–Kier alpha value is -2.57. The molecular formula is C18H25NO6. The van der Waals surface area contributed by atoms with Gasteiger partial charge in [-0.05, 0) is 44.9 Å². The number of methoxy groups -OCH3 is 2. The van der Waals surface area contributed by atoms with Crippen LogP contribution in [0, 0.1) is 0 Å². The normalized spacial score (nSPS) is 12.0. The zero-order chi connectivity index (χ0) is 19.0. The second-order valence-corrected chi connectivity index (χ2v) is 6.43. The predicted octanol–water partition coefficient (Wildman–Crippen LogP) is 2.99. The molecule has 0 aliphatic heterocycles. The van der Waals surface area contributed by atoms with Gasteiger partial charge in [0.1, 0.15) is 5.60 Å². The quantitative estimate of drug-likeness (QED) is 0.626. The molecule has 1 atom stereocenters. The predicted molar refractivity (Wildman–Crippen MR) is 91.1 cm³/mol. The first-order valence-electron chi connectivity index (χ1n) is 7.91. The van der Waals surface area contributed by atoms with E-state index >= 15 is 0 Å². The maximum absolute atomic E-state index is 12.1. The number of hydrogen-bond acceptors (Lipinski definition) is 6. The van der Waals surface area contributed by atoms with Crippen LogP contribution < -0.4 is 5.32 Å². The molecular weight excluding hydrogens is 326 g/mol. The van der Waals surface area contributed by atoms with Gasteiger partial charge in [-0.25, -0.2) is 9.59 Å². The zero-order valence-electron chi connectivity index (χ0n) is 15.3. The summed E-state index contributed by atoms with van der Waals surface area (Å²) in [6.45, 7) is 5.30. The summed E-state index contributed by atoms with van der Waals surface area (Å²) in [7, 11) is 2.61. The highest BCUT2D eigenvalue weighted by Gasteiger charge is 2.21. The van der Waals surface area contributed by atoms with Crippen LogP contribution in [0.3, 0.4) is 0 Å². The Morgan fingerprint density at radius 3 is 2.12 bits per heavy atom. The van der Waals surface area contributed by atoms with E-state index in [0.717, 1.165) is 5.56 Å². The summed E-state index contributed by atoms with van der Waals surface area (Å²) in [6, 6.07) is 6.14. The summed E-state index contributed by atoms with van der Waals surface area (Å²) in [5.41, 5.74) is 0.504. The Bertz CT molecular complexity index is 603. The molecule has 0 heterocycles. The van der Waals surface area contributed by atoms with Crippen LogP contribution in [0.5, 0.6) is 0 Å². The maximum Gasteiger partial charge on any atom is 0.408 e. The highest BCUT2D eigenvalue weighted by molar-refractivity contribution is 5.89. The van der Waals surface area contributed by atoms with E-state index in [2.05, 4.69) is 14.8 Å². The Morgan fingerprint density at radius 1 is 1.04 bits per heavy atom. The number of carbonyl (C=O) groups is 3. The van der Waals surface area contributed by atoms with Gasteiger partial charge in [-0.2, -0.15) is 0 Å². The van der Waals surface area contributed by atoms with Gasteiger partial charge in [0, 0.05) is 6.42 Å². The summed E-state index contributed by atoms with van der Waals surface area (Å²) < 4.78 is 14.6. The fraction of sp³-hybridized carbons (Fsp3) is 0.500. The molecule has 1 aromatic rings. The van der Waals surface area contributed by atoms with Gasteiger partial charge in [-0.3, -0.25) is 4.79 Å². The fourth-order valence-electron chi connectivity index (χ4n) is 2.11. The van der Waals surface area contributed by atoms with E-state index in [1.165, 1.54) is 14.2 Å². The first-order valence-corrected chi connectivity index (χ1v) is 7.91. The minimum absolute atomic E-state index is 0.135. The van der Waals surface area contributed by atoms with E-state index in [0.29, 0.717) is 12.0 Å². The lowest BCUT2D eigenvalue weighted by atomic mass is 10.0. The third kappa shape index (κ3) is 7.24. The van der Waals surface area contributed by atoms with Crippen LogP contribution in [-0.4, -0.2) is 37.9 Å². The molecule has 1 aromatic carbocycles. The van der Waals surface area contributed by atoms with E-state index in [-0.39, 0.29) is 12.4 Å². The van der Waals surface area contributed by atoms with Crippen molar-refractivity contribution in [3.63, 3.8) is 0 Å². The molecule has 7 heteroatoms. The Kier molecular flexibility index (Phi) is 7.42. The molecule has 0 spiro atoms. The average Bonchev–Trinajstić information content (AvgIpc) is 2.56. The molecule has 0 saturated heterocycles. The van der Waals surface area contributed by atoms with Gasteiger partial charge >= 0.3 is 18.0 Å². The van der Waals surface area contributed by atoms with E-state index in [9.17, 15) is 14.4 Å². The van der Waals surface area contributed by atoms with E-state index in [4.69, 9.17) is 4.74 Å². The number of alkyl carbamates (subject to hydrolysis) is 1. The molecule has 138 valence electrons. The Balaban J connectivity index is 2.91. The summed E-state index contributed by atoms with van der Waals surface area (Å²) in [5, 5.41) is 2.75. The SMILES string of the molecule is COC(=O)CCC(NC(=O)OC(C)(C)C)c1ccc(C(=O)OC)cc1. The molecule has 7 nitrogen and oxygen atoms in total. The molecule has 0 bridgehead atoms. The van der Waals surface area contributed by atoms with Crippen molar-refractivity contribution in [3.05, 3.63) is 35.4 Å². The largest absolute Gasteiger partial charge is 0.469 e. The minimum Gasteiger partial charge on any atom is -0.469 e. The minimum atomic E-state index is -0.633. The molecule has 1 rings (SSSR count). The van der Waals surface area contributed by atoms with Crippen molar-refractivity contribution in [1.29, 1.82) is 0 Å². The third-order valence-corrected chi connectivity index (χ3v) is 3.29. The molecule has 1 unspecified atom stereocenters. The smallest absolute Gasteiger partial charge is 0.408 e. The third-order valence-electron chi connectivity index (χ3n) is 3.29. The van der Waals surface area contributed by atoms with Gasteiger partial charge in [0.05, 0.1) is 25.8 Å². The summed E-state index contributed by atoms with van der Waals surface area (Å²) >= 11 is 0. The molecule has 0 aliphatic rings. The van der Waals surface area contributed by atoms with Crippen LogP contribution in [0.15, 0.2) is 24.3 Å². The second-order valence-electron chi connectivity index (χ2n) is 6.43. The number of benzene rings is 1. The molecule has 0 aliphatic carbocycles. The molecule has 25 heavy (non-hydrogen) atoms. The van der Waals surface area contributed by atoms with Gasteiger partial charge in [-0.1, -0.05) is 12.1 Å². The lowest BCUT2D eigenvalue weighted by Gasteiger charge is -2.24. The van der Waals surface area contributed by atoms with Crippen LogP contribution in [0.1, 0.15) is 55.6 Å². The first-order chi connectivity index (χ1) is 11.7. The van der Waals surface area contributed by atoms with Crippen molar-refractivity contribution < 1.29 is 28.6 Å². The monoisotopic (exact) mass is 351 g/mol. The number of amides is 1. The van der Waals surface area contributed by atoms with Gasteiger partial charge in [-0.15, -0.1) is 0 Å². The van der Waals surface area contributed by atoms with Crippen LogP contribution in [0.4, 0.5) is 4.79 Å². The number of esters is 2. The first kappa shape index (κ1) is 20.5. The van der Waals surface area contributed by atoms with Gasteiger partial charge in [0.15, 0.2) is 0 Å². The molecule has 0 saturated carbocycles. The standard InChI is InChI=1S/C18H25NO6/c1-18(2,3)25-17(22)19-14(10-11-15(20)23-4)12-6-8-13(9-7-12)16(21)24-5/h6-9,14H,10-11H2,1-5H3,(H,19,22). The molecule has 1 amide bonds. The van der Waals surface area contributed by atoms with Crippen molar-refractivity contribution in [1.82, 2.24) is 5.32 Å². The second kappa shape index (κ2) is 9.05. The molecule has 0 radical (unpaired) electrons. The van der Waals surface area contributed by atoms with Gasteiger partial charge < -0.3 is 19.5 Å². The summed E-state index contributed by atoms with van der Waals surface area (Å²) in [4.78, 5) is 35.0. The van der Waals surface area contributed by atoms with Crippen LogP contribution in [0.2, 0.25) is 0 Å². The number of ether oxygens (including phenoxy) is 3. The highest BCUT2D eigenvalue weighted by atomic mass is 16.6. The topological polar surface area (TPSA) is 90.9 Å². The number of rotatable bonds is 6. The summed E-state index contributed by atoms with van der Waals surface area (Å²) in [5.74, 6) is -0.820. The Labute approximate surface area is 147 Å². The van der Waals surface area contributed by atoms with Crippen molar-refractivity contribution in [2.45, 2.75) is 45.3 Å². The number of hydrogen-bond donors (Lipinski definition) is 1.